The van der Waals surface area contributed by atoms with Gasteiger partial charge in [-0.25, -0.2) is 4.98 Å². The van der Waals surface area contributed by atoms with E-state index in [1.54, 1.807) is 23.0 Å². The number of pyridine rings is 1. The minimum absolute atomic E-state index is 0.0682. The summed E-state index contributed by atoms with van der Waals surface area (Å²) in [5, 5.41) is 1.27. The van der Waals surface area contributed by atoms with Crippen molar-refractivity contribution >= 4 is 34.7 Å². The van der Waals surface area contributed by atoms with E-state index in [4.69, 9.17) is 16.6 Å². The van der Waals surface area contributed by atoms with Crippen LogP contribution in [-0.4, -0.2) is 14.5 Å². The topological polar surface area (TPSA) is 47.8 Å². The van der Waals surface area contributed by atoms with E-state index >= 15 is 0 Å². The summed E-state index contributed by atoms with van der Waals surface area (Å²) >= 11 is 5.97. The zero-order chi connectivity index (χ0) is 18.6. The van der Waals surface area contributed by atoms with Gasteiger partial charge in [-0.2, -0.15) is 0 Å². The average molecular weight is 374 g/mol. The fourth-order valence-corrected chi connectivity index (χ4v) is 3.01. The number of hydrogen-bond donors (Lipinski definition) is 0. The molecule has 0 radical (unpaired) electrons. The molecule has 4 aromatic rings. The molecule has 0 N–H and O–H groups in total. The second kappa shape index (κ2) is 7.56. The van der Waals surface area contributed by atoms with Crippen molar-refractivity contribution in [3.63, 3.8) is 0 Å². The van der Waals surface area contributed by atoms with Crippen LogP contribution in [-0.2, 0) is 6.54 Å². The molecule has 4 rings (SSSR count). The van der Waals surface area contributed by atoms with Crippen molar-refractivity contribution < 1.29 is 0 Å². The van der Waals surface area contributed by atoms with Gasteiger partial charge in [0.05, 0.1) is 17.4 Å². The maximum atomic E-state index is 13.1. The number of nitrogens with zero attached hydrogens (tertiary/aromatic N) is 3. The van der Waals surface area contributed by atoms with Crippen LogP contribution < -0.4 is 5.56 Å². The Bertz CT molecular complexity index is 1170. The van der Waals surface area contributed by atoms with E-state index in [1.165, 1.54) is 0 Å². The Balaban J connectivity index is 1.83. The summed E-state index contributed by atoms with van der Waals surface area (Å²) in [5.74, 6) is 0.595. The van der Waals surface area contributed by atoms with E-state index in [9.17, 15) is 4.79 Å². The van der Waals surface area contributed by atoms with Gasteiger partial charge in [-0.3, -0.25) is 14.3 Å². The van der Waals surface area contributed by atoms with E-state index in [1.807, 2.05) is 66.7 Å². The van der Waals surface area contributed by atoms with E-state index in [0.29, 0.717) is 28.3 Å². The lowest BCUT2D eigenvalue weighted by atomic mass is 10.2. The van der Waals surface area contributed by atoms with Crippen LogP contribution in [0.4, 0.5) is 0 Å². The molecule has 0 bridgehead atoms. The Labute approximate surface area is 161 Å². The molecule has 0 saturated heterocycles. The first kappa shape index (κ1) is 17.2. The lowest BCUT2D eigenvalue weighted by molar-refractivity contribution is 0.738. The van der Waals surface area contributed by atoms with Gasteiger partial charge in [-0.15, -0.1) is 0 Å². The molecule has 0 saturated carbocycles. The molecule has 27 heavy (non-hydrogen) atoms. The number of aromatic nitrogens is 3. The van der Waals surface area contributed by atoms with E-state index in [0.717, 1.165) is 11.1 Å². The number of para-hydroxylation sites is 1. The minimum Gasteiger partial charge on any atom is -0.288 e. The van der Waals surface area contributed by atoms with Crippen molar-refractivity contribution in [2.24, 2.45) is 0 Å². The number of hydrogen-bond acceptors (Lipinski definition) is 3. The number of halogens is 1. The second-order valence-electron chi connectivity index (χ2n) is 6.12. The smallest absolute Gasteiger partial charge is 0.261 e. The highest BCUT2D eigenvalue weighted by atomic mass is 35.5. The molecule has 2 aromatic carbocycles. The van der Waals surface area contributed by atoms with Crippen LogP contribution >= 0.6 is 11.6 Å². The zero-order valence-corrected chi connectivity index (χ0v) is 15.2. The van der Waals surface area contributed by atoms with Crippen LogP contribution in [0.3, 0.4) is 0 Å². The molecule has 0 fully saturated rings. The molecule has 4 nitrogen and oxygen atoms in total. The largest absolute Gasteiger partial charge is 0.288 e. The van der Waals surface area contributed by atoms with Gasteiger partial charge in [0.25, 0.3) is 5.56 Å². The van der Waals surface area contributed by atoms with Gasteiger partial charge in [0, 0.05) is 17.4 Å². The number of rotatable bonds is 4. The summed E-state index contributed by atoms with van der Waals surface area (Å²) in [6.45, 7) is 0.417. The first-order chi connectivity index (χ1) is 13.2. The predicted octanol–water partition coefficient (Wildman–Crippen LogP) is 4.66. The summed E-state index contributed by atoms with van der Waals surface area (Å²) < 4.78 is 1.68. The minimum atomic E-state index is -0.0682. The van der Waals surface area contributed by atoms with Crippen molar-refractivity contribution in [2.45, 2.75) is 6.54 Å². The molecule has 0 spiro atoms. The maximum Gasteiger partial charge on any atom is 0.261 e. The van der Waals surface area contributed by atoms with Gasteiger partial charge in [-0.05, 0) is 53.6 Å². The van der Waals surface area contributed by atoms with E-state index in [2.05, 4.69) is 4.98 Å². The normalized spacial score (nSPS) is 11.3. The van der Waals surface area contributed by atoms with Crippen molar-refractivity contribution in [1.29, 1.82) is 0 Å². The van der Waals surface area contributed by atoms with Gasteiger partial charge in [0.1, 0.15) is 5.82 Å². The Hall–Kier alpha value is -3.24. The Morgan fingerprint density at radius 1 is 0.963 bits per heavy atom. The van der Waals surface area contributed by atoms with Gasteiger partial charge in [0.2, 0.25) is 0 Å². The van der Waals surface area contributed by atoms with Crippen LogP contribution in [0, 0.1) is 0 Å². The molecule has 0 unspecified atom stereocenters. The fourth-order valence-electron chi connectivity index (χ4n) is 2.88. The highest BCUT2D eigenvalue weighted by Crippen LogP contribution is 2.14. The van der Waals surface area contributed by atoms with Gasteiger partial charge in [0.15, 0.2) is 0 Å². The van der Waals surface area contributed by atoms with Crippen LogP contribution in [0.1, 0.15) is 17.0 Å². The molecule has 2 heterocycles. The van der Waals surface area contributed by atoms with Gasteiger partial charge in [-0.1, -0.05) is 41.9 Å². The first-order valence-electron chi connectivity index (χ1n) is 8.53. The molecule has 0 aliphatic carbocycles. The van der Waals surface area contributed by atoms with Gasteiger partial charge < -0.3 is 0 Å². The van der Waals surface area contributed by atoms with Crippen molar-refractivity contribution in [2.75, 3.05) is 0 Å². The van der Waals surface area contributed by atoms with Crippen LogP contribution in [0.25, 0.3) is 23.1 Å². The SMILES string of the molecule is O=c1c2ccccc2nc(C=Cc2cccnc2)n1Cc1ccc(Cl)cc1. The van der Waals surface area contributed by atoms with Crippen LogP contribution in [0.15, 0.2) is 77.9 Å². The first-order valence-corrected chi connectivity index (χ1v) is 8.91. The van der Waals surface area contributed by atoms with Crippen molar-refractivity contribution in [3.8, 4) is 0 Å². The van der Waals surface area contributed by atoms with E-state index < -0.39 is 0 Å². The fraction of sp³-hybridized carbons (Fsp3) is 0.0455. The Kier molecular flexibility index (Phi) is 4.81. The molecule has 0 aliphatic heterocycles. The van der Waals surface area contributed by atoms with Crippen LogP contribution in [0.5, 0.6) is 0 Å². The summed E-state index contributed by atoms with van der Waals surface area (Å²) in [5.41, 5.74) is 2.54. The molecule has 132 valence electrons. The lowest BCUT2D eigenvalue weighted by Crippen LogP contribution is -2.24. The molecular formula is C22H16ClN3O. The monoisotopic (exact) mass is 373 g/mol. The number of fused-ring (bicyclic) bond motifs is 1. The summed E-state index contributed by atoms with van der Waals surface area (Å²) in [6, 6.07) is 18.7. The summed E-state index contributed by atoms with van der Waals surface area (Å²) in [4.78, 5) is 21.9. The predicted molar refractivity (Wildman–Crippen MR) is 110 cm³/mol. The quantitative estimate of drug-likeness (QED) is 0.522. The Morgan fingerprint density at radius 2 is 1.78 bits per heavy atom. The van der Waals surface area contributed by atoms with Crippen molar-refractivity contribution in [1.82, 2.24) is 14.5 Å². The zero-order valence-electron chi connectivity index (χ0n) is 14.4. The highest BCUT2D eigenvalue weighted by molar-refractivity contribution is 6.30. The average Bonchev–Trinajstić information content (AvgIpc) is 2.71. The molecule has 2 aromatic heterocycles. The standard InChI is InChI=1S/C22H16ClN3O/c23-18-10-7-17(8-11-18)15-26-21(12-9-16-4-3-13-24-14-16)25-20-6-2-1-5-19(20)22(26)27/h1-14H,15H2. The molecule has 0 aliphatic rings. The van der Waals surface area contributed by atoms with Crippen LogP contribution in [0.2, 0.25) is 5.02 Å². The summed E-state index contributed by atoms with van der Waals surface area (Å²) in [6.07, 6.45) is 7.24. The lowest BCUT2D eigenvalue weighted by Gasteiger charge is -2.11. The Morgan fingerprint density at radius 3 is 2.56 bits per heavy atom. The third kappa shape index (κ3) is 3.81. The third-order valence-corrected chi connectivity index (χ3v) is 4.51. The van der Waals surface area contributed by atoms with Gasteiger partial charge >= 0.3 is 0 Å². The molecular weight excluding hydrogens is 358 g/mol. The second-order valence-corrected chi connectivity index (χ2v) is 6.56. The van der Waals surface area contributed by atoms with E-state index in [-0.39, 0.29) is 5.56 Å². The molecule has 0 amide bonds. The van der Waals surface area contributed by atoms with Crippen molar-refractivity contribution in [3.05, 3.63) is 105 Å². The molecule has 5 heteroatoms. The highest BCUT2D eigenvalue weighted by Gasteiger charge is 2.09. The maximum absolute atomic E-state index is 13.1. The third-order valence-electron chi connectivity index (χ3n) is 4.25. The molecule has 0 atom stereocenters. The number of benzene rings is 2. The summed E-state index contributed by atoms with van der Waals surface area (Å²) in [7, 11) is 0.